The van der Waals surface area contributed by atoms with Gasteiger partial charge in [0, 0.05) is 21.7 Å². The molecule has 3 heteroatoms. The molecule has 0 aliphatic rings. The first-order valence-electron chi connectivity index (χ1n) is 1.15. The van der Waals surface area contributed by atoms with E-state index in [0.29, 0.717) is 0 Å². The minimum Gasteiger partial charge on any atom is -1.00 e. The summed E-state index contributed by atoms with van der Waals surface area (Å²) in [5, 5.41) is 2.00. The molecule has 2 N–H and O–H groups in total. The summed E-state index contributed by atoms with van der Waals surface area (Å²) >= 11 is 0. The number of halogens is 1. The van der Waals surface area contributed by atoms with Crippen molar-refractivity contribution in [2.45, 2.75) is 0 Å². The Morgan fingerprint density at radius 3 is 1.20 bits per heavy atom. The van der Waals surface area contributed by atoms with Crippen molar-refractivity contribution in [1.29, 1.82) is 0 Å². The standard InChI is InChI=1S/C2H7N.ClH.Ti/c1-3-2;;/h3H,1-2H3;1H;. The monoisotopic (exact) mass is 129 g/mol. The quantitative estimate of drug-likeness (QED) is 0.320. The van der Waals surface area contributed by atoms with Crippen LogP contribution < -0.4 is 17.7 Å². The Morgan fingerprint density at radius 1 is 1.20 bits per heavy atom. The van der Waals surface area contributed by atoms with Crippen molar-refractivity contribution in [2.24, 2.45) is 0 Å². The van der Waals surface area contributed by atoms with Gasteiger partial charge in [-0.1, -0.05) is 0 Å². The molecule has 0 saturated carbocycles. The second-order valence-electron chi connectivity index (χ2n) is 0.577. The van der Waals surface area contributed by atoms with Crippen LogP contribution in [0.15, 0.2) is 0 Å². The van der Waals surface area contributed by atoms with Gasteiger partial charge < -0.3 is 17.7 Å². The zero-order valence-corrected chi connectivity index (χ0v) is 5.77. The minimum absolute atomic E-state index is 0. The number of rotatable bonds is 0. The van der Waals surface area contributed by atoms with E-state index in [9.17, 15) is 0 Å². The predicted molar refractivity (Wildman–Crippen MR) is 13.8 cm³/mol. The van der Waals surface area contributed by atoms with Crippen LogP contribution in [-0.4, -0.2) is 14.1 Å². The van der Waals surface area contributed by atoms with Crippen molar-refractivity contribution in [3.8, 4) is 0 Å². The molecule has 0 rings (SSSR count). The Kier molecular flexibility index (Phi) is 67.6. The third-order valence-electron chi connectivity index (χ3n) is 0. The molecule has 0 aromatic heterocycles. The molecule has 1 nitrogen and oxygen atoms in total. The molecule has 0 heterocycles. The molecule has 5 heavy (non-hydrogen) atoms. The van der Waals surface area contributed by atoms with Gasteiger partial charge in [0.05, 0.1) is 14.1 Å². The van der Waals surface area contributed by atoms with Gasteiger partial charge in [0.25, 0.3) is 0 Å². The SMILES string of the molecule is C[NH2+]C.[Cl-].[Ti]. The first kappa shape index (κ1) is 16.7. The van der Waals surface area contributed by atoms with Crippen molar-refractivity contribution >= 4 is 0 Å². The van der Waals surface area contributed by atoms with E-state index in [0.717, 1.165) is 0 Å². The van der Waals surface area contributed by atoms with Crippen LogP contribution in [0, 0.1) is 0 Å². The van der Waals surface area contributed by atoms with E-state index >= 15 is 0 Å². The maximum atomic E-state index is 2.00. The fourth-order valence-corrected chi connectivity index (χ4v) is 0. The van der Waals surface area contributed by atoms with Gasteiger partial charge in [0.2, 0.25) is 0 Å². The van der Waals surface area contributed by atoms with Crippen LogP contribution in [0.3, 0.4) is 0 Å². The van der Waals surface area contributed by atoms with Gasteiger partial charge in [-0.3, -0.25) is 0 Å². The van der Waals surface area contributed by atoms with Gasteiger partial charge in [-0.15, -0.1) is 0 Å². The third-order valence-corrected chi connectivity index (χ3v) is 0. The van der Waals surface area contributed by atoms with E-state index in [1.807, 2.05) is 19.4 Å². The number of hydrogen-bond acceptors (Lipinski definition) is 0. The second-order valence-corrected chi connectivity index (χ2v) is 0.577. The van der Waals surface area contributed by atoms with E-state index in [2.05, 4.69) is 0 Å². The van der Waals surface area contributed by atoms with Crippen molar-refractivity contribution in [2.75, 3.05) is 14.1 Å². The summed E-state index contributed by atoms with van der Waals surface area (Å²) in [4.78, 5) is 0. The van der Waals surface area contributed by atoms with Crippen LogP contribution in [0.5, 0.6) is 0 Å². The van der Waals surface area contributed by atoms with Crippen LogP contribution in [0.2, 0.25) is 0 Å². The van der Waals surface area contributed by atoms with Gasteiger partial charge >= 0.3 is 0 Å². The normalized spacial score (nSPS) is 3.60. The Balaban J connectivity index is -0.0000000200. The molecule has 0 atom stereocenters. The second kappa shape index (κ2) is 20.2. The van der Waals surface area contributed by atoms with Gasteiger partial charge in [-0.25, -0.2) is 0 Å². The summed E-state index contributed by atoms with van der Waals surface area (Å²) in [6.07, 6.45) is 0. The third kappa shape index (κ3) is 46.9. The fraction of sp³-hybridized carbons (Fsp3) is 1.00. The van der Waals surface area contributed by atoms with E-state index in [4.69, 9.17) is 0 Å². The zero-order chi connectivity index (χ0) is 2.71. The molecule has 32 valence electrons. The number of quaternary nitrogens is 1. The molecule has 0 aliphatic heterocycles. The van der Waals surface area contributed by atoms with Gasteiger partial charge in [0.15, 0.2) is 0 Å². The van der Waals surface area contributed by atoms with Gasteiger partial charge in [0.1, 0.15) is 0 Å². The van der Waals surface area contributed by atoms with Crippen molar-refractivity contribution in [3.05, 3.63) is 0 Å². The van der Waals surface area contributed by atoms with Crippen LogP contribution in [-0.2, 0) is 21.7 Å². The van der Waals surface area contributed by atoms with E-state index < -0.39 is 0 Å². The molecule has 0 radical (unpaired) electrons. The molecule has 0 aliphatic carbocycles. The van der Waals surface area contributed by atoms with Crippen LogP contribution >= 0.6 is 0 Å². The molecule has 0 spiro atoms. The van der Waals surface area contributed by atoms with Crippen molar-refractivity contribution in [1.82, 2.24) is 0 Å². The molecule has 0 aromatic rings. The minimum atomic E-state index is 0. The maximum absolute atomic E-state index is 2.00. The predicted octanol–water partition coefficient (Wildman–Crippen LogP) is -4.19. The molecule has 0 bridgehead atoms. The topological polar surface area (TPSA) is 16.6 Å². The number of hydrogen-bond donors (Lipinski definition) is 1. The van der Waals surface area contributed by atoms with E-state index in [1.54, 1.807) is 0 Å². The molecular weight excluding hydrogens is 121 g/mol. The summed E-state index contributed by atoms with van der Waals surface area (Å²) in [5.74, 6) is 0. The summed E-state index contributed by atoms with van der Waals surface area (Å²) in [7, 11) is 4.00. The summed E-state index contributed by atoms with van der Waals surface area (Å²) in [6, 6.07) is 0. The Hall–Kier alpha value is 0.964. The smallest absolute Gasteiger partial charge is 0.0647 e. The fourth-order valence-electron chi connectivity index (χ4n) is 0. The summed E-state index contributed by atoms with van der Waals surface area (Å²) in [6.45, 7) is 0. The molecule has 0 saturated heterocycles. The first-order valence-corrected chi connectivity index (χ1v) is 1.15. The average Bonchev–Trinajstić information content (AvgIpc) is 0.918. The van der Waals surface area contributed by atoms with Gasteiger partial charge in [-0.2, -0.15) is 0 Å². The van der Waals surface area contributed by atoms with Crippen LogP contribution in [0.4, 0.5) is 0 Å². The molecule has 0 fully saturated rings. The van der Waals surface area contributed by atoms with Crippen LogP contribution in [0.25, 0.3) is 0 Å². The molecule has 0 amide bonds. The average molecular weight is 129 g/mol. The Bertz CT molecular complexity index is 9.61. The first-order chi connectivity index (χ1) is 1.41. The van der Waals surface area contributed by atoms with E-state index in [-0.39, 0.29) is 34.1 Å². The summed E-state index contributed by atoms with van der Waals surface area (Å²) in [5.41, 5.74) is 0. The maximum Gasteiger partial charge on any atom is 0.0647 e. The van der Waals surface area contributed by atoms with E-state index in [1.165, 1.54) is 0 Å². The Morgan fingerprint density at radius 2 is 1.20 bits per heavy atom. The van der Waals surface area contributed by atoms with Gasteiger partial charge in [-0.05, 0) is 0 Å². The largest absolute Gasteiger partial charge is 1.00 e. The summed E-state index contributed by atoms with van der Waals surface area (Å²) < 4.78 is 0. The van der Waals surface area contributed by atoms with Crippen LogP contribution in [0.1, 0.15) is 0 Å². The molecule has 0 aromatic carbocycles. The van der Waals surface area contributed by atoms with Crippen molar-refractivity contribution in [3.63, 3.8) is 0 Å². The molecule has 0 unspecified atom stereocenters. The zero-order valence-electron chi connectivity index (χ0n) is 3.46. The Labute approximate surface area is 53.8 Å². The number of nitrogens with two attached hydrogens (primary N) is 1. The van der Waals surface area contributed by atoms with Crippen molar-refractivity contribution < 1.29 is 39.4 Å². The molecular formula is C2H8ClNTi.